The van der Waals surface area contributed by atoms with Gasteiger partial charge in [0.2, 0.25) is 0 Å². The van der Waals surface area contributed by atoms with Crippen LogP contribution < -0.4 is 5.32 Å². The predicted octanol–water partition coefficient (Wildman–Crippen LogP) is 4.02. The zero-order chi connectivity index (χ0) is 14.6. The lowest BCUT2D eigenvalue weighted by Crippen LogP contribution is -2.16. The number of aryl methyl sites for hydroxylation is 2. The molecule has 0 saturated carbocycles. The predicted molar refractivity (Wildman–Crippen MR) is 89.4 cm³/mol. The van der Waals surface area contributed by atoms with Gasteiger partial charge < -0.3 is 5.32 Å². The average molecular weight is 282 g/mol. The highest BCUT2D eigenvalue weighted by molar-refractivity contribution is 5.14. The zero-order valence-electron chi connectivity index (χ0n) is 12.8. The third-order valence-electron chi connectivity index (χ3n) is 3.70. The highest BCUT2D eigenvalue weighted by Gasteiger charge is 1.94. The van der Waals surface area contributed by atoms with Crippen LogP contribution in [0.2, 0.25) is 0 Å². The molecule has 1 aromatic heterocycles. The van der Waals surface area contributed by atoms with Crippen molar-refractivity contribution >= 4 is 0 Å². The topological polar surface area (TPSA) is 24.9 Å². The lowest BCUT2D eigenvalue weighted by atomic mass is 10.1. The van der Waals surface area contributed by atoms with Crippen LogP contribution in [0.4, 0.5) is 0 Å². The van der Waals surface area contributed by atoms with Crippen LogP contribution in [0.3, 0.4) is 0 Å². The van der Waals surface area contributed by atoms with E-state index in [0.29, 0.717) is 0 Å². The molecule has 2 nitrogen and oxygen atoms in total. The maximum Gasteiger partial charge on any atom is 0.0299 e. The Bertz CT molecular complexity index is 422. The number of rotatable bonds is 10. The third-order valence-corrected chi connectivity index (χ3v) is 3.70. The molecule has 0 saturated heterocycles. The van der Waals surface area contributed by atoms with E-state index >= 15 is 0 Å². The molecule has 0 bridgehead atoms. The first-order valence-corrected chi connectivity index (χ1v) is 8.09. The van der Waals surface area contributed by atoms with E-state index in [1.807, 2.05) is 18.5 Å². The van der Waals surface area contributed by atoms with Crippen molar-refractivity contribution in [2.24, 2.45) is 0 Å². The van der Waals surface area contributed by atoms with Crippen molar-refractivity contribution in [2.75, 3.05) is 13.1 Å². The summed E-state index contributed by atoms with van der Waals surface area (Å²) in [5.74, 6) is 0. The molecule has 0 fully saturated rings. The lowest BCUT2D eigenvalue weighted by molar-refractivity contribution is 0.589. The fourth-order valence-corrected chi connectivity index (χ4v) is 2.47. The van der Waals surface area contributed by atoms with Gasteiger partial charge >= 0.3 is 0 Å². The minimum Gasteiger partial charge on any atom is -0.317 e. The molecule has 1 aromatic carbocycles. The van der Waals surface area contributed by atoms with Gasteiger partial charge in [-0.15, -0.1) is 0 Å². The van der Waals surface area contributed by atoms with Gasteiger partial charge in [0.05, 0.1) is 0 Å². The fourth-order valence-electron chi connectivity index (χ4n) is 2.47. The molecule has 1 N–H and O–H groups in total. The van der Waals surface area contributed by atoms with Gasteiger partial charge in [-0.2, -0.15) is 0 Å². The second-order valence-corrected chi connectivity index (χ2v) is 5.51. The van der Waals surface area contributed by atoms with Gasteiger partial charge in [0.25, 0.3) is 0 Å². The molecule has 2 rings (SSSR count). The molecule has 0 spiro atoms. The zero-order valence-corrected chi connectivity index (χ0v) is 12.8. The summed E-state index contributed by atoms with van der Waals surface area (Å²) in [4.78, 5) is 4.14. The number of aromatic nitrogens is 1. The number of nitrogens with one attached hydrogen (secondary N) is 1. The maximum absolute atomic E-state index is 4.14. The summed E-state index contributed by atoms with van der Waals surface area (Å²) in [7, 11) is 0. The van der Waals surface area contributed by atoms with Gasteiger partial charge in [0.15, 0.2) is 0 Å². The Labute approximate surface area is 128 Å². The van der Waals surface area contributed by atoms with Crippen LogP contribution in [0, 0.1) is 0 Å². The number of benzene rings is 1. The molecule has 1 heterocycles. The number of hydrogen-bond acceptors (Lipinski definition) is 2. The minimum atomic E-state index is 1.13. The second kappa shape index (κ2) is 10.1. The molecule has 0 aliphatic rings. The summed E-state index contributed by atoms with van der Waals surface area (Å²) in [6.45, 7) is 2.27. The molecule has 0 unspecified atom stereocenters. The Balaban J connectivity index is 1.40. The molecule has 0 amide bonds. The van der Waals surface area contributed by atoms with Crippen LogP contribution in [0.25, 0.3) is 0 Å². The van der Waals surface area contributed by atoms with Crippen molar-refractivity contribution in [2.45, 2.75) is 38.5 Å². The van der Waals surface area contributed by atoms with E-state index in [0.717, 1.165) is 19.5 Å². The second-order valence-electron chi connectivity index (χ2n) is 5.51. The molecule has 0 radical (unpaired) electrons. The SMILES string of the molecule is c1ccc(CCCCNCCCCc2cccnc2)cc1. The van der Waals surface area contributed by atoms with E-state index < -0.39 is 0 Å². The Kier molecular flexibility index (Phi) is 7.57. The summed E-state index contributed by atoms with van der Waals surface area (Å²) >= 11 is 0. The quantitative estimate of drug-likeness (QED) is 0.666. The van der Waals surface area contributed by atoms with Crippen molar-refractivity contribution in [3.05, 3.63) is 66.0 Å². The molecular weight excluding hydrogens is 256 g/mol. The van der Waals surface area contributed by atoms with Gasteiger partial charge in [-0.05, 0) is 68.8 Å². The van der Waals surface area contributed by atoms with E-state index in [-0.39, 0.29) is 0 Å². The minimum absolute atomic E-state index is 1.13. The maximum atomic E-state index is 4.14. The summed E-state index contributed by atoms with van der Waals surface area (Å²) < 4.78 is 0. The lowest BCUT2D eigenvalue weighted by Gasteiger charge is -2.05. The summed E-state index contributed by atoms with van der Waals surface area (Å²) in [5, 5.41) is 3.54. The van der Waals surface area contributed by atoms with Crippen LogP contribution in [0.15, 0.2) is 54.9 Å². The van der Waals surface area contributed by atoms with Crippen molar-refractivity contribution in [1.82, 2.24) is 10.3 Å². The van der Waals surface area contributed by atoms with Crippen LogP contribution in [-0.4, -0.2) is 18.1 Å². The summed E-state index contributed by atoms with van der Waals surface area (Å²) in [6.07, 6.45) is 11.2. The van der Waals surface area contributed by atoms with E-state index in [1.54, 1.807) is 0 Å². The number of pyridine rings is 1. The van der Waals surface area contributed by atoms with Crippen LogP contribution >= 0.6 is 0 Å². The largest absolute Gasteiger partial charge is 0.317 e. The Hall–Kier alpha value is -1.67. The van der Waals surface area contributed by atoms with Crippen molar-refractivity contribution in [3.8, 4) is 0 Å². The first kappa shape index (κ1) is 15.7. The van der Waals surface area contributed by atoms with Crippen molar-refractivity contribution in [1.29, 1.82) is 0 Å². The van der Waals surface area contributed by atoms with Crippen molar-refractivity contribution in [3.63, 3.8) is 0 Å². The standard InChI is InChI=1S/C19H26N2/c1-2-9-18(10-3-1)11-4-6-14-20-15-7-5-12-19-13-8-16-21-17-19/h1-3,8-10,13,16-17,20H,4-7,11-12,14-15H2. The molecule has 112 valence electrons. The number of unbranched alkanes of at least 4 members (excludes halogenated alkanes) is 2. The van der Waals surface area contributed by atoms with E-state index in [4.69, 9.17) is 0 Å². The third kappa shape index (κ3) is 7.05. The molecule has 0 aliphatic heterocycles. The molecule has 0 atom stereocenters. The smallest absolute Gasteiger partial charge is 0.0299 e. The van der Waals surface area contributed by atoms with Gasteiger partial charge in [-0.25, -0.2) is 0 Å². The fraction of sp³-hybridized carbons (Fsp3) is 0.421. The Morgan fingerprint density at radius 2 is 1.38 bits per heavy atom. The summed E-state index contributed by atoms with van der Waals surface area (Å²) in [6, 6.07) is 14.9. The molecule has 2 aromatic rings. The first-order valence-electron chi connectivity index (χ1n) is 8.09. The number of nitrogens with zero attached hydrogens (tertiary/aromatic N) is 1. The summed E-state index contributed by atoms with van der Waals surface area (Å²) in [5.41, 5.74) is 2.80. The normalized spacial score (nSPS) is 10.7. The Morgan fingerprint density at radius 3 is 2.05 bits per heavy atom. The molecule has 2 heteroatoms. The van der Waals surface area contributed by atoms with Gasteiger partial charge in [0.1, 0.15) is 0 Å². The highest BCUT2D eigenvalue weighted by atomic mass is 14.8. The van der Waals surface area contributed by atoms with Gasteiger partial charge in [-0.1, -0.05) is 36.4 Å². The molecule has 0 aliphatic carbocycles. The van der Waals surface area contributed by atoms with E-state index in [2.05, 4.69) is 46.7 Å². The highest BCUT2D eigenvalue weighted by Crippen LogP contribution is 2.04. The van der Waals surface area contributed by atoms with Crippen LogP contribution in [0.1, 0.15) is 36.8 Å². The first-order chi connectivity index (χ1) is 10.4. The van der Waals surface area contributed by atoms with Gasteiger partial charge in [0, 0.05) is 12.4 Å². The van der Waals surface area contributed by atoms with E-state index in [9.17, 15) is 0 Å². The number of hydrogen-bond donors (Lipinski definition) is 1. The Morgan fingerprint density at radius 1 is 0.714 bits per heavy atom. The van der Waals surface area contributed by atoms with E-state index in [1.165, 1.54) is 43.2 Å². The van der Waals surface area contributed by atoms with Crippen LogP contribution in [0.5, 0.6) is 0 Å². The molecular formula is C19H26N2. The van der Waals surface area contributed by atoms with Crippen molar-refractivity contribution < 1.29 is 0 Å². The average Bonchev–Trinajstić information content (AvgIpc) is 2.55. The monoisotopic (exact) mass is 282 g/mol. The van der Waals surface area contributed by atoms with Crippen LogP contribution in [-0.2, 0) is 12.8 Å². The molecule has 21 heavy (non-hydrogen) atoms. The van der Waals surface area contributed by atoms with Gasteiger partial charge in [-0.3, -0.25) is 4.98 Å².